The average molecular weight is 447 g/mol. The van der Waals surface area contributed by atoms with Gasteiger partial charge in [0.05, 0.1) is 23.4 Å². The highest BCUT2D eigenvalue weighted by Crippen LogP contribution is 2.19. The zero-order valence-electron chi connectivity index (χ0n) is 16.5. The number of sulfone groups is 1. The Morgan fingerprint density at radius 1 is 1.32 bits per heavy atom. The van der Waals surface area contributed by atoms with Crippen molar-refractivity contribution in [1.29, 1.82) is 0 Å². The first-order valence-electron chi connectivity index (χ1n) is 9.35. The summed E-state index contributed by atoms with van der Waals surface area (Å²) in [7, 11) is -1.54. The van der Waals surface area contributed by atoms with Gasteiger partial charge in [-0.25, -0.2) is 17.9 Å². The number of nitrogens with zero attached hydrogens (tertiary/aromatic N) is 5. The second-order valence-corrected chi connectivity index (χ2v) is 9.57. The van der Waals surface area contributed by atoms with Gasteiger partial charge in [0.2, 0.25) is 0 Å². The molecule has 31 heavy (non-hydrogen) atoms. The van der Waals surface area contributed by atoms with Crippen LogP contribution in [0, 0.1) is 0 Å². The molecule has 6 N–H and O–H groups in total. The van der Waals surface area contributed by atoms with Gasteiger partial charge < -0.3 is 22.1 Å². The van der Waals surface area contributed by atoms with Crippen molar-refractivity contribution in [2.24, 2.45) is 18.5 Å². The minimum Gasteiger partial charge on any atom is -0.366 e. The van der Waals surface area contributed by atoms with Gasteiger partial charge in [0, 0.05) is 31.5 Å². The number of carbonyl (C=O) groups excluding carboxylic acids is 2. The van der Waals surface area contributed by atoms with E-state index < -0.39 is 27.7 Å². The fraction of sp³-hybridized carbons (Fsp3) is 0.353. The molecule has 13 nitrogen and oxygen atoms in total. The van der Waals surface area contributed by atoms with Crippen LogP contribution in [-0.4, -0.2) is 68.2 Å². The summed E-state index contributed by atoms with van der Waals surface area (Å²) in [5, 5.41) is 13.8. The molecule has 0 bridgehead atoms. The molecule has 0 saturated carbocycles. The van der Waals surface area contributed by atoms with E-state index in [0.717, 1.165) is 0 Å². The van der Waals surface area contributed by atoms with Gasteiger partial charge in [-0.15, -0.1) is 0 Å². The summed E-state index contributed by atoms with van der Waals surface area (Å²) in [6.45, 7) is 0. The number of amides is 2. The summed E-state index contributed by atoms with van der Waals surface area (Å²) in [5.74, 6) is -0.933. The van der Waals surface area contributed by atoms with Crippen molar-refractivity contribution in [2.45, 2.75) is 18.5 Å². The van der Waals surface area contributed by atoms with Gasteiger partial charge in [-0.3, -0.25) is 14.3 Å². The number of carbonyl (C=O) groups is 2. The maximum absolute atomic E-state index is 12.8. The maximum Gasteiger partial charge on any atom is 0.271 e. The predicted molar refractivity (Wildman–Crippen MR) is 111 cm³/mol. The van der Waals surface area contributed by atoms with Crippen LogP contribution in [0.15, 0.2) is 24.7 Å². The van der Waals surface area contributed by atoms with Crippen LogP contribution in [0.4, 0.5) is 11.5 Å². The molecular formula is C17H21N9O4S. The standard InChI is InChI=1S/C17H21N9O4S/c1-25-7-12(14(24-25)15(19)27)22-17(28)9-6-20-26-4-2-13(23-16(9)26)21-11-3-5-31(29,30)8-10(11)18/h2,4,6-7,10-11H,3,5,8,18H2,1H3,(H2,19,27)(H,21,23)(H,22,28). The fourth-order valence-corrected chi connectivity index (χ4v) is 5.04. The Labute approximate surface area is 176 Å². The number of hydrogen-bond donors (Lipinski definition) is 4. The molecule has 2 atom stereocenters. The van der Waals surface area contributed by atoms with E-state index in [2.05, 4.69) is 25.8 Å². The summed E-state index contributed by atoms with van der Waals surface area (Å²) in [6, 6.07) is 0.818. The lowest BCUT2D eigenvalue weighted by Crippen LogP contribution is -2.50. The zero-order valence-corrected chi connectivity index (χ0v) is 17.3. The molecule has 0 radical (unpaired) electrons. The highest BCUT2D eigenvalue weighted by molar-refractivity contribution is 7.91. The Balaban J connectivity index is 1.57. The van der Waals surface area contributed by atoms with Crippen LogP contribution in [0.5, 0.6) is 0 Å². The lowest BCUT2D eigenvalue weighted by molar-refractivity contribution is 0.0995. The molecule has 4 rings (SSSR count). The van der Waals surface area contributed by atoms with Crippen molar-refractivity contribution in [2.75, 3.05) is 22.1 Å². The molecule has 1 aliphatic rings. The Morgan fingerprint density at radius 2 is 2.10 bits per heavy atom. The molecule has 3 aromatic rings. The number of primary amides is 1. The molecular weight excluding hydrogens is 426 g/mol. The quantitative estimate of drug-likeness (QED) is 0.369. The molecule has 14 heteroatoms. The first kappa shape index (κ1) is 20.7. The van der Waals surface area contributed by atoms with Crippen molar-refractivity contribution in [1.82, 2.24) is 24.4 Å². The van der Waals surface area contributed by atoms with E-state index in [1.165, 1.54) is 21.6 Å². The molecule has 164 valence electrons. The second-order valence-electron chi connectivity index (χ2n) is 7.34. The number of hydrogen-bond acceptors (Lipinski definition) is 9. The monoisotopic (exact) mass is 447 g/mol. The third-order valence-corrected chi connectivity index (χ3v) is 6.71. The van der Waals surface area contributed by atoms with Crippen molar-refractivity contribution < 1.29 is 18.0 Å². The largest absolute Gasteiger partial charge is 0.366 e. The summed E-state index contributed by atoms with van der Waals surface area (Å²) in [6.07, 6.45) is 4.79. The van der Waals surface area contributed by atoms with Crippen LogP contribution in [0.3, 0.4) is 0 Å². The highest BCUT2D eigenvalue weighted by atomic mass is 32.2. The zero-order chi connectivity index (χ0) is 22.3. The van der Waals surface area contributed by atoms with E-state index in [9.17, 15) is 18.0 Å². The predicted octanol–water partition coefficient (Wildman–Crippen LogP) is -1.26. The number of nitrogens with one attached hydrogen (secondary N) is 2. The van der Waals surface area contributed by atoms with Crippen molar-refractivity contribution in [3.63, 3.8) is 0 Å². The van der Waals surface area contributed by atoms with Gasteiger partial charge in [0.1, 0.15) is 11.4 Å². The first-order chi connectivity index (χ1) is 14.6. The van der Waals surface area contributed by atoms with Crippen LogP contribution in [0.2, 0.25) is 0 Å². The Kier molecular flexibility index (Phi) is 5.10. The minimum absolute atomic E-state index is 0.0499. The van der Waals surface area contributed by atoms with Crippen LogP contribution < -0.4 is 22.1 Å². The number of anilines is 2. The number of rotatable bonds is 5. The van der Waals surface area contributed by atoms with E-state index in [-0.39, 0.29) is 40.1 Å². The lowest BCUT2D eigenvalue weighted by atomic mass is 10.1. The van der Waals surface area contributed by atoms with Crippen molar-refractivity contribution in [3.05, 3.63) is 35.9 Å². The number of nitrogens with two attached hydrogens (primary N) is 2. The third-order valence-electron chi connectivity index (χ3n) is 4.96. The summed E-state index contributed by atoms with van der Waals surface area (Å²) >= 11 is 0. The van der Waals surface area contributed by atoms with Crippen LogP contribution in [0.1, 0.15) is 27.3 Å². The smallest absolute Gasteiger partial charge is 0.271 e. The molecule has 0 aliphatic carbocycles. The highest BCUT2D eigenvalue weighted by Gasteiger charge is 2.31. The maximum atomic E-state index is 12.8. The van der Waals surface area contributed by atoms with Gasteiger partial charge in [0.15, 0.2) is 21.2 Å². The SMILES string of the molecule is Cn1cc(NC(=O)c2cnn3ccc(NC4CCS(=O)(=O)CC4N)nc23)c(C(N)=O)n1. The molecule has 0 spiro atoms. The minimum atomic E-state index is -3.13. The molecule has 1 fully saturated rings. The van der Waals surface area contributed by atoms with Gasteiger partial charge in [0.25, 0.3) is 11.8 Å². The topological polar surface area (TPSA) is 192 Å². The van der Waals surface area contributed by atoms with Crippen LogP contribution in [0.25, 0.3) is 5.65 Å². The van der Waals surface area contributed by atoms with E-state index in [0.29, 0.717) is 12.2 Å². The number of aryl methyl sites for hydroxylation is 1. The van der Waals surface area contributed by atoms with E-state index in [4.69, 9.17) is 11.5 Å². The summed E-state index contributed by atoms with van der Waals surface area (Å²) in [4.78, 5) is 28.8. The lowest BCUT2D eigenvalue weighted by Gasteiger charge is -2.29. The Hall–Kier alpha value is -3.52. The summed E-state index contributed by atoms with van der Waals surface area (Å²) < 4.78 is 26.2. The van der Waals surface area contributed by atoms with Crippen LogP contribution in [-0.2, 0) is 16.9 Å². The van der Waals surface area contributed by atoms with Crippen LogP contribution >= 0.6 is 0 Å². The van der Waals surface area contributed by atoms with Gasteiger partial charge in [-0.1, -0.05) is 0 Å². The van der Waals surface area contributed by atoms with E-state index in [1.54, 1.807) is 19.3 Å². The third kappa shape index (κ3) is 4.20. The Morgan fingerprint density at radius 3 is 2.81 bits per heavy atom. The molecule has 1 saturated heterocycles. The van der Waals surface area contributed by atoms with E-state index >= 15 is 0 Å². The molecule has 1 aliphatic heterocycles. The van der Waals surface area contributed by atoms with Gasteiger partial charge in [-0.2, -0.15) is 10.2 Å². The number of aromatic nitrogens is 5. The average Bonchev–Trinajstić information content (AvgIpc) is 3.26. The van der Waals surface area contributed by atoms with E-state index in [1.807, 2.05) is 0 Å². The molecule has 2 amide bonds. The molecule has 2 unspecified atom stereocenters. The van der Waals surface area contributed by atoms with Crippen molar-refractivity contribution >= 4 is 38.8 Å². The van der Waals surface area contributed by atoms with Gasteiger partial charge in [-0.05, 0) is 12.5 Å². The first-order valence-corrected chi connectivity index (χ1v) is 11.2. The number of fused-ring (bicyclic) bond motifs is 1. The molecule has 0 aromatic carbocycles. The Bertz CT molecular complexity index is 1280. The van der Waals surface area contributed by atoms with Gasteiger partial charge >= 0.3 is 0 Å². The molecule has 4 heterocycles. The summed E-state index contributed by atoms with van der Waals surface area (Å²) in [5.41, 5.74) is 11.8. The second kappa shape index (κ2) is 7.63. The molecule has 3 aromatic heterocycles. The normalized spacial score (nSPS) is 20.5. The van der Waals surface area contributed by atoms with Crippen molar-refractivity contribution in [3.8, 4) is 0 Å². The fourth-order valence-electron chi connectivity index (χ4n) is 3.44.